The van der Waals surface area contributed by atoms with Crippen molar-refractivity contribution in [3.63, 3.8) is 0 Å². The van der Waals surface area contributed by atoms with Gasteiger partial charge in [0.05, 0.1) is 0 Å². The van der Waals surface area contributed by atoms with Crippen molar-refractivity contribution in [1.82, 2.24) is 0 Å². The van der Waals surface area contributed by atoms with E-state index in [0.717, 1.165) is 21.3 Å². The van der Waals surface area contributed by atoms with Gasteiger partial charge in [0.15, 0.2) is 0 Å². The van der Waals surface area contributed by atoms with E-state index in [4.69, 9.17) is 4.74 Å². The number of hydrogen-bond donors (Lipinski definition) is 1. The first-order valence-electron chi connectivity index (χ1n) is 5.19. The van der Waals surface area contributed by atoms with E-state index in [2.05, 4.69) is 21.2 Å². The van der Waals surface area contributed by atoms with Crippen LogP contribution in [-0.4, -0.2) is 19.1 Å². The minimum atomic E-state index is -0.115. The zero-order valence-corrected chi connectivity index (χ0v) is 11.3. The molecular formula is C12H16BrNO2. The van der Waals surface area contributed by atoms with Crippen molar-refractivity contribution in [3.05, 3.63) is 27.7 Å². The van der Waals surface area contributed by atoms with Crippen LogP contribution in [0.2, 0.25) is 0 Å². The molecule has 88 valence electrons. The third-order valence-electron chi connectivity index (χ3n) is 2.20. The number of aryl methyl sites for hydroxylation is 2. The second-order valence-corrected chi connectivity index (χ2v) is 4.52. The summed E-state index contributed by atoms with van der Waals surface area (Å²) >= 11 is 3.42. The van der Waals surface area contributed by atoms with Crippen LogP contribution in [0.3, 0.4) is 0 Å². The highest BCUT2D eigenvalue weighted by atomic mass is 79.9. The van der Waals surface area contributed by atoms with Gasteiger partial charge in [0.2, 0.25) is 5.91 Å². The lowest BCUT2D eigenvalue weighted by Gasteiger charge is -2.12. The first-order chi connectivity index (χ1) is 7.54. The van der Waals surface area contributed by atoms with E-state index in [9.17, 15) is 4.79 Å². The predicted octanol–water partition coefficient (Wildman–Crippen LogP) is 3.04. The molecule has 1 amide bonds. The smallest absolute Gasteiger partial charge is 0.250 e. The Labute approximate surface area is 104 Å². The van der Waals surface area contributed by atoms with Crippen LogP contribution in [-0.2, 0) is 9.53 Å². The molecule has 16 heavy (non-hydrogen) atoms. The number of ether oxygens (including phenoxy) is 1. The van der Waals surface area contributed by atoms with Crippen molar-refractivity contribution in [3.8, 4) is 0 Å². The van der Waals surface area contributed by atoms with Gasteiger partial charge >= 0.3 is 0 Å². The van der Waals surface area contributed by atoms with Gasteiger partial charge in [-0.1, -0.05) is 15.9 Å². The molecule has 1 aromatic carbocycles. The molecule has 0 aliphatic rings. The van der Waals surface area contributed by atoms with Gasteiger partial charge in [-0.25, -0.2) is 0 Å². The summed E-state index contributed by atoms with van der Waals surface area (Å²) in [6.45, 7) is 6.45. The van der Waals surface area contributed by atoms with Gasteiger partial charge < -0.3 is 10.1 Å². The highest BCUT2D eigenvalue weighted by Crippen LogP contribution is 2.24. The summed E-state index contributed by atoms with van der Waals surface area (Å²) in [5, 5.41) is 2.86. The molecule has 0 bridgehead atoms. The third kappa shape index (κ3) is 3.61. The van der Waals surface area contributed by atoms with Gasteiger partial charge in [0.1, 0.15) is 6.61 Å². The number of carbonyl (C=O) groups excluding carboxylic acids is 1. The van der Waals surface area contributed by atoms with E-state index < -0.39 is 0 Å². The van der Waals surface area contributed by atoms with Crippen LogP contribution < -0.4 is 5.32 Å². The molecule has 3 nitrogen and oxygen atoms in total. The Morgan fingerprint density at radius 1 is 1.38 bits per heavy atom. The number of carbonyl (C=O) groups is 1. The zero-order chi connectivity index (χ0) is 12.1. The van der Waals surface area contributed by atoms with Gasteiger partial charge in [0.25, 0.3) is 0 Å². The molecule has 0 aliphatic heterocycles. The Balaban J connectivity index is 2.77. The van der Waals surface area contributed by atoms with Crippen LogP contribution in [0.4, 0.5) is 5.69 Å². The normalized spacial score (nSPS) is 10.2. The van der Waals surface area contributed by atoms with Crippen LogP contribution in [0.25, 0.3) is 0 Å². The van der Waals surface area contributed by atoms with Crippen LogP contribution in [0, 0.1) is 13.8 Å². The average Bonchev–Trinajstić information content (AvgIpc) is 2.20. The molecule has 0 heterocycles. The standard InChI is InChI=1S/C12H16BrNO2/c1-4-16-7-11(15)14-12-8(2)5-10(13)6-9(12)3/h5-6H,4,7H2,1-3H3,(H,14,15). The van der Waals surface area contributed by atoms with Crippen molar-refractivity contribution in [2.24, 2.45) is 0 Å². The maximum atomic E-state index is 11.5. The Kier molecular flexibility index (Phi) is 4.96. The number of nitrogens with one attached hydrogen (secondary N) is 1. The summed E-state index contributed by atoms with van der Waals surface area (Å²) < 4.78 is 6.07. The van der Waals surface area contributed by atoms with Gasteiger partial charge in [-0.15, -0.1) is 0 Å². The first-order valence-corrected chi connectivity index (χ1v) is 5.98. The van der Waals surface area contributed by atoms with E-state index in [-0.39, 0.29) is 12.5 Å². The molecule has 0 saturated heterocycles. The number of rotatable bonds is 4. The molecule has 0 saturated carbocycles. The van der Waals surface area contributed by atoms with Crippen molar-refractivity contribution < 1.29 is 9.53 Å². The van der Waals surface area contributed by atoms with E-state index in [1.807, 2.05) is 32.9 Å². The van der Waals surface area contributed by atoms with E-state index in [1.54, 1.807) is 0 Å². The topological polar surface area (TPSA) is 38.3 Å². The van der Waals surface area contributed by atoms with Crippen molar-refractivity contribution >= 4 is 27.5 Å². The quantitative estimate of drug-likeness (QED) is 0.924. The Hall–Kier alpha value is -0.870. The monoisotopic (exact) mass is 285 g/mol. The summed E-state index contributed by atoms with van der Waals surface area (Å²) in [5.74, 6) is -0.115. The minimum Gasteiger partial charge on any atom is -0.372 e. The molecule has 0 spiro atoms. The van der Waals surface area contributed by atoms with Crippen LogP contribution >= 0.6 is 15.9 Å². The fourth-order valence-electron chi connectivity index (χ4n) is 1.48. The Morgan fingerprint density at radius 2 is 1.94 bits per heavy atom. The highest BCUT2D eigenvalue weighted by molar-refractivity contribution is 9.10. The molecule has 0 aromatic heterocycles. The van der Waals surface area contributed by atoms with Crippen molar-refractivity contribution in [2.45, 2.75) is 20.8 Å². The van der Waals surface area contributed by atoms with E-state index in [0.29, 0.717) is 6.61 Å². The summed E-state index contributed by atoms with van der Waals surface area (Å²) in [7, 11) is 0. The summed E-state index contributed by atoms with van der Waals surface area (Å²) in [5.41, 5.74) is 2.95. The molecule has 0 aliphatic carbocycles. The summed E-state index contributed by atoms with van der Waals surface area (Å²) in [6.07, 6.45) is 0. The van der Waals surface area contributed by atoms with Gasteiger partial charge in [-0.3, -0.25) is 4.79 Å². The first kappa shape index (κ1) is 13.2. The maximum absolute atomic E-state index is 11.5. The number of hydrogen-bond acceptors (Lipinski definition) is 2. The third-order valence-corrected chi connectivity index (χ3v) is 2.66. The molecule has 0 fully saturated rings. The lowest BCUT2D eigenvalue weighted by atomic mass is 10.1. The summed E-state index contributed by atoms with van der Waals surface area (Å²) in [4.78, 5) is 11.5. The lowest BCUT2D eigenvalue weighted by molar-refractivity contribution is -0.120. The van der Waals surface area contributed by atoms with Crippen molar-refractivity contribution in [2.75, 3.05) is 18.5 Å². The van der Waals surface area contributed by atoms with Gasteiger partial charge in [0, 0.05) is 16.8 Å². The van der Waals surface area contributed by atoms with Crippen LogP contribution in [0.1, 0.15) is 18.1 Å². The lowest BCUT2D eigenvalue weighted by Crippen LogP contribution is -2.19. The number of benzene rings is 1. The maximum Gasteiger partial charge on any atom is 0.250 e. The molecule has 0 radical (unpaired) electrons. The zero-order valence-electron chi connectivity index (χ0n) is 9.76. The summed E-state index contributed by atoms with van der Waals surface area (Å²) in [6, 6.07) is 3.95. The SMILES string of the molecule is CCOCC(=O)Nc1c(C)cc(Br)cc1C. The second-order valence-electron chi connectivity index (χ2n) is 3.60. The fraction of sp³-hybridized carbons (Fsp3) is 0.417. The number of halogens is 1. The number of anilines is 1. The Morgan fingerprint density at radius 3 is 2.44 bits per heavy atom. The fourth-order valence-corrected chi connectivity index (χ4v) is 2.16. The van der Waals surface area contributed by atoms with Crippen LogP contribution in [0.5, 0.6) is 0 Å². The molecule has 1 rings (SSSR count). The molecule has 1 aromatic rings. The molecule has 4 heteroatoms. The Bertz CT molecular complexity index is 368. The van der Waals surface area contributed by atoms with Gasteiger partial charge in [-0.2, -0.15) is 0 Å². The minimum absolute atomic E-state index is 0.103. The van der Waals surface area contributed by atoms with Crippen molar-refractivity contribution in [1.29, 1.82) is 0 Å². The number of amides is 1. The van der Waals surface area contributed by atoms with Crippen LogP contribution in [0.15, 0.2) is 16.6 Å². The second kappa shape index (κ2) is 6.01. The molecular weight excluding hydrogens is 270 g/mol. The largest absolute Gasteiger partial charge is 0.372 e. The average molecular weight is 286 g/mol. The van der Waals surface area contributed by atoms with E-state index >= 15 is 0 Å². The molecule has 0 atom stereocenters. The molecule has 1 N–H and O–H groups in total. The van der Waals surface area contributed by atoms with E-state index in [1.165, 1.54) is 0 Å². The molecule has 0 unspecified atom stereocenters. The predicted molar refractivity (Wildman–Crippen MR) is 68.7 cm³/mol. The van der Waals surface area contributed by atoms with Gasteiger partial charge in [-0.05, 0) is 44.0 Å². The highest BCUT2D eigenvalue weighted by Gasteiger charge is 2.08.